The van der Waals surface area contributed by atoms with Crippen LogP contribution in [0.25, 0.3) is 0 Å². The van der Waals surface area contributed by atoms with Crippen LogP contribution < -0.4 is 10.1 Å². The Morgan fingerprint density at radius 2 is 1.95 bits per heavy atom. The Kier molecular flexibility index (Phi) is 11.2. The van der Waals surface area contributed by atoms with E-state index in [-0.39, 0.29) is 41.5 Å². The molecule has 2 heterocycles. The second-order valence-electron chi connectivity index (χ2n) is 13.1. The van der Waals surface area contributed by atoms with Crippen molar-refractivity contribution in [3.8, 4) is 5.75 Å². The van der Waals surface area contributed by atoms with E-state index in [1.165, 1.54) is 11.1 Å². The highest BCUT2D eigenvalue weighted by molar-refractivity contribution is 6.32. The Hall–Kier alpha value is -2.31. The van der Waals surface area contributed by atoms with Crippen molar-refractivity contribution in [2.45, 2.75) is 117 Å². The molecule has 2 aliphatic heterocycles. The Morgan fingerprint density at radius 1 is 1.24 bits per heavy atom. The van der Waals surface area contributed by atoms with E-state index in [1.807, 2.05) is 6.07 Å². The zero-order valence-electron chi connectivity index (χ0n) is 26.4. The average Bonchev–Trinajstić information content (AvgIpc) is 3.57. The smallest absolute Gasteiger partial charge is 0.407 e. The summed E-state index contributed by atoms with van der Waals surface area (Å²) in [6.45, 7) is 16.5. The topological polar surface area (TPSA) is 77.2 Å². The minimum atomic E-state index is -0.443. The van der Waals surface area contributed by atoms with E-state index in [4.69, 9.17) is 25.8 Å². The van der Waals surface area contributed by atoms with Gasteiger partial charge in [-0.15, -0.1) is 0 Å². The fraction of sp³-hybridized carbons (Fsp3) is 0.647. The largest absolute Gasteiger partial charge is 0.495 e. The number of ether oxygens (including phenoxy) is 3. The maximum Gasteiger partial charge on any atom is 0.407 e. The summed E-state index contributed by atoms with van der Waals surface area (Å²) in [5, 5.41) is 3.82. The van der Waals surface area contributed by atoms with Gasteiger partial charge in [0.25, 0.3) is 0 Å². The van der Waals surface area contributed by atoms with Gasteiger partial charge >= 0.3 is 6.09 Å². The summed E-state index contributed by atoms with van der Waals surface area (Å²) in [5.74, 6) is 1.56. The predicted octanol–water partition coefficient (Wildman–Crippen LogP) is 8.04. The molecular weight excluding hydrogens is 538 g/mol. The summed E-state index contributed by atoms with van der Waals surface area (Å²) in [6.07, 6.45) is 10.3. The number of hydrogen-bond donors (Lipinski definition) is 1. The first-order valence-electron chi connectivity index (χ1n) is 15.1. The lowest BCUT2D eigenvalue weighted by molar-refractivity contribution is -0.117. The van der Waals surface area contributed by atoms with Gasteiger partial charge in [0.05, 0.1) is 29.4 Å². The van der Waals surface area contributed by atoms with Gasteiger partial charge < -0.3 is 24.3 Å². The van der Waals surface area contributed by atoms with Crippen LogP contribution in [0.5, 0.6) is 5.75 Å². The lowest BCUT2D eigenvalue weighted by Crippen LogP contribution is -2.59. The van der Waals surface area contributed by atoms with Crippen LogP contribution in [0.3, 0.4) is 0 Å². The van der Waals surface area contributed by atoms with Crippen LogP contribution in [-0.2, 0) is 27.1 Å². The number of allylic oxidation sites excluding steroid dienone is 3. The molecule has 0 radical (unpaired) electrons. The Bertz CT molecular complexity index is 1160. The molecule has 6 nitrogen and oxygen atoms in total. The molecule has 6 unspecified atom stereocenters. The van der Waals surface area contributed by atoms with Crippen molar-refractivity contribution < 1.29 is 23.8 Å². The average molecular weight is 588 g/mol. The molecule has 1 N–H and O–H groups in total. The number of epoxide rings is 1. The fourth-order valence-corrected chi connectivity index (χ4v) is 6.54. The van der Waals surface area contributed by atoms with E-state index in [0.717, 1.165) is 30.6 Å². The van der Waals surface area contributed by atoms with Gasteiger partial charge in [-0.05, 0) is 82.4 Å². The standard InChI is InChI=1S/C34H50ClNO5/c1-10-27(13-11-12-22(4)17-25-18-26(16-21(2)3)30(35)28(19-25)39-9)33(7)20-29(40-32(38)36-33)24(6)31-34(8,41-31)15-14-23(5)37/h11-13,18-19,21,24,27,29,31H,10,14-17,20H2,1-9H3,(H,36,38). The zero-order chi connectivity index (χ0) is 30.5. The van der Waals surface area contributed by atoms with Crippen molar-refractivity contribution >= 4 is 23.5 Å². The number of amides is 1. The lowest BCUT2D eigenvalue weighted by Gasteiger charge is -2.44. The number of ketones is 1. The molecule has 3 rings (SSSR count). The van der Waals surface area contributed by atoms with Crippen LogP contribution >= 0.6 is 11.6 Å². The van der Waals surface area contributed by atoms with Crippen molar-refractivity contribution in [1.82, 2.24) is 5.32 Å². The molecule has 1 aromatic rings. The number of hydrogen-bond acceptors (Lipinski definition) is 5. The van der Waals surface area contributed by atoms with Gasteiger partial charge in [0.1, 0.15) is 17.6 Å². The molecule has 1 amide bonds. The minimum absolute atomic E-state index is 0.0178. The highest BCUT2D eigenvalue weighted by Crippen LogP contribution is 2.48. The normalized spacial score (nSPS) is 27.9. The molecule has 2 aliphatic rings. The maximum absolute atomic E-state index is 12.7. The third-order valence-electron chi connectivity index (χ3n) is 8.74. The predicted molar refractivity (Wildman–Crippen MR) is 166 cm³/mol. The van der Waals surface area contributed by atoms with Gasteiger partial charge in [-0.1, -0.05) is 69.2 Å². The molecule has 6 atom stereocenters. The Balaban J connectivity index is 1.69. The molecule has 0 saturated carbocycles. The highest BCUT2D eigenvalue weighted by Gasteiger charge is 2.58. The number of Topliss-reactive ketones (excluding diaryl/α,β-unsaturated/α-hetero) is 1. The van der Waals surface area contributed by atoms with Gasteiger partial charge in [-0.25, -0.2) is 4.79 Å². The second kappa shape index (κ2) is 13.8. The van der Waals surface area contributed by atoms with Crippen molar-refractivity contribution in [3.63, 3.8) is 0 Å². The molecule has 0 spiro atoms. The number of benzene rings is 1. The molecule has 2 fully saturated rings. The van der Waals surface area contributed by atoms with Crippen LogP contribution in [0.1, 0.15) is 92.2 Å². The lowest BCUT2D eigenvalue weighted by atomic mass is 9.75. The van der Waals surface area contributed by atoms with Crippen LogP contribution in [0, 0.1) is 17.8 Å². The number of methoxy groups -OCH3 is 1. The Labute approximate surface area is 252 Å². The molecule has 7 heteroatoms. The number of halogens is 1. The summed E-state index contributed by atoms with van der Waals surface area (Å²) in [4.78, 5) is 24.2. The second-order valence-corrected chi connectivity index (χ2v) is 13.4. The summed E-state index contributed by atoms with van der Waals surface area (Å²) >= 11 is 6.57. The van der Waals surface area contributed by atoms with Crippen molar-refractivity contribution in [2.75, 3.05) is 7.11 Å². The Morgan fingerprint density at radius 3 is 2.56 bits per heavy atom. The highest BCUT2D eigenvalue weighted by atomic mass is 35.5. The van der Waals surface area contributed by atoms with Crippen molar-refractivity contribution in [1.29, 1.82) is 0 Å². The van der Waals surface area contributed by atoms with Crippen LogP contribution in [0.2, 0.25) is 5.02 Å². The van der Waals surface area contributed by atoms with Gasteiger partial charge in [-0.2, -0.15) is 0 Å². The number of nitrogens with one attached hydrogen (secondary N) is 1. The van der Waals surface area contributed by atoms with Crippen LogP contribution in [0.15, 0.2) is 35.9 Å². The summed E-state index contributed by atoms with van der Waals surface area (Å²) in [7, 11) is 1.66. The summed E-state index contributed by atoms with van der Waals surface area (Å²) in [5.41, 5.74) is 2.75. The molecule has 1 aromatic carbocycles. The molecule has 0 bridgehead atoms. The third kappa shape index (κ3) is 8.61. The molecule has 2 saturated heterocycles. The monoisotopic (exact) mass is 587 g/mol. The maximum atomic E-state index is 12.7. The first kappa shape index (κ1) is 33.2. The van der Waals surface area contributed by atoms with Crippen LogP contribution in [-0.4, -0.2) is 42.3 Å². The molecule has 0 aromatic heterocycles. The number of rotatable bonds is 14. The molecular formula is C34H50ClNO5. The first-order chi connectivity index (χ1) is 19.2. The fourth-order valence-electron chi connectivity index (χ4n) is 6.28. The SMILES string of the molecule is CCC(C=CC=C(C)Cc1cc(CC(C)C)c(Cl)c(OC)c1)C1(C)CC(C(C)C2OC2(C)CCC(C)=O)OC(=O)N1. The van der Waals surface area contributed by atoms with E-state index in [2.05, 4.69) is 78.1 Å². The van der Waals surface area contributed by atoms with E-state index < -0.39 is 5.54 Å². The first-order valence-corrected chi connectivity index (χ1v) is 15.4. The minimum Gasteiger partial charge on any atom is -0.495 e. The number of carbonyl (C=O) groups excluding carboxylic acids is 2. The van der Waals surface area contributed by atoms with Crippen LogP contribution in [0.4, 0.5) is 4.79 Å². The molecule has 41 heavy (non-hydrogen) atoms. The number of alkyl carbamates (subject to hydrolysis) is 1. The van der Waals surface area contributed by atoms with Gasteiger partial charge in [0, 0.05) is 18.8 Å². The summed E-state index contributed by atoms with van der Waals surface area (Å²) < 4.78 is 17.4. The van der Waals surface area contributed by atoms with E-state index >= 15 is 0 Å². The van der Waals surface area contributed by atoms with Gasteiger partial charge in [-0.3, -0.25) is 0 Å². The molecule has 0 aliphatic carbocycles. The van der Waals surface area contributed by atoms with E-state index in [1.54, 1.807) is 14.0 Å². The van der Waals surface area contributed by atoms with E-state index in [0.29, 0.717) is 30.2 Å². The third-order valence-corrected chi connectivity index (χ3v) is 9.17. The van der Waals surface area contributed by atoms with E-state index in [9.17, 15) is 9.59 Å². The number of cyclic esters (lactones) is 1. The molecule has 228 valence electrons. The van der Waals surface area contributed by atoms with Crippen molar-refractivity contribution in [2.24, 2.45) is 17.8 Å². The number of carbonyl (C=O) groups is 2. The zero-order valence-corrected chi connectivity index (χ0v) is 27.2. The van der Waals surface area contributed by atoms with Gasteiger partial charge in [0.2, 0.25) is 0 Å². The van der Waals surface area contributed by atoms with Gasteiger partial charge in [0.15, 0.2) is 0 Å². The summed E-state index contributed by atoms with van der Waals surface area (Å²) in [6, 6.07) is 4.21. The van der Waals surface area contributed by atoms with Crippen molar-refractivity contribution in [3.05, 3.63) is 52.1 Å². The quantitative estimate of drug-likeness (QED) is 0.176.